The quantitative estimate of drug-likeness (QED) is 0.490. The zero-order valence-corrected chi connectivity index (χ0v) is 15.5. The first-order valence-corrected chi connectivity index (χ1v) is 10.1. The molecule has 9 heteroatoms. The maximum absolute atomic E-state index is 13.4. The number of pyridine rings is 1. The van der Waals surface area contributed by atoms with Gasteiger partial charge in [0.15, 0.2) is 0 Å². The summed E-state index contributed by atoms with van der Waals surface area (Å²) in [5.41, 5.74) is 0.585. The molecule has 0 radical (unpaired) electrons. The molecule has 3 aromatic rings. The number of nitro groups is 1. The van der Waals surface area contributed by atoms with E-state index in [1.165, 1.54) is 46.9 Å². The Morgan fingerprint density at radius 2 is 1.89 bits per heavy atom. The predicted molar refractivity (Wildman–Crippen MR) is 101 cm³/mol. The molecule has 1 atom stereocenters. The Kier molecular flexibility index (Phi) is 4.56. The number of sulfonamides is 1. The molecular formula is C19H16FN3O4S. The molecule has 2 aromatic carbocycles. The van der Waals surface area contributed by atoms with Gasteiger partial charge in [0, 0.05) is 18.8 Å². The lowest BCUT2D eigenvalue weighted by atomic mass is 10.1. The van der Waals surface area contributed by atoms with Gasteiger partial charge in [-0.15, -0.1) is 0 Å². The highest BCUT2D eigenvalue weighted by Gasteiger charge is 2.37. The fraction of sp³-hybridized carbons (Fsp3) is 0.211. The van der Waals surface area contributed by atoms with Gasteiger partial charge in [-0.25, -0.2) is 12.8 Å². The molecule has 28 heavy (non-hydrogen) atoms. The Morgan fingerprint density at radius 1 is 1.14 bits per heavy atom. The van der Waals surface area contributed by atoms with Crippen LogP contribution in [0.2, 0.25) is 0 Å². The van der Waals surface area contributed by atoms with Crippen LogP contribution >= 0.6 is 0 Å². The summed E-state index contributed by atoms with van der Waals surface area (Å²) in [5, 5.41) is 11.5. The van der Waals surface area contributed by atoms with Gasteiger partial charge in [-0.05, 0) is 48.7 Å². The Balaban J connectivity index is 1.83. The van der Waals surface area contributed by atoms with Crippen LogP contribution in [0.15, 0.2) is 59.6 Å². The lowest BCUT2D eigenvalue weighted by molar-refractivity contribution is -0.383. The Bertz CT molecular complexity index is 1170. The average molecular weight is 401 g/mol. The molecule has 0 N–H and O–H groups in total. The van der Waals surface area contributed by atoms with Crippen molar-refractivity contribution in [3.05, 3.63) is 76.2 Å². The van der Waals surface area contributed by atoms with Crippen molar-refractivity contribution in [2.45, 2.75) is 23.8 Å². The first-order chi connectivity index (χ1) is 13.4. The van der Waals surface area contributed by atoms with Crippen molar-refractivity contribution >= 4 is 26.6 Å². The van der Waals surface area contributed by atoms with E-state index < -0.39 is 21.0 Å². The molecule has 4 rings (SSSR count). The normalized spacial score (nSPS) is 17.8. The highest BCUT2D eigenvalue weighted by molar-refractivity contribution is 7.89. The van der Waals surface area contributed by atoms with Crippen LogP contribution < -0.4 is 0 Å². The maximum atomic E-state index is 13.4. The number of nitro benzene ring substituents is 1. The van der Waals surface area contributed by atoms with Gasteiger partial charge in [0.2, 0.25) is 10.0 Å². The zero-order valence-electron chi connectivity index (χ0n) is 14.7. The second-order valence-electron chi connectivity index (χ2n) is 6.56. The van der Waals surface area contributed by atoms with Crippen LogP contribution in [0, 0.1) is 15.9 Å². The van der Waals surface area contributed by atoms with Crippen molar-refractivity contribution in [1.82, 2.24) is 9.29 Å². The number of aromatic nitrogens is 1. The van der Waals surface area contributed by atoms with Gasteiger partial charge in [-0.3, -0.25) is 15.1 Å². The average Bonchev–Trinajstić information content (AvgIpc) is 3.18. The minimum atomic E-state index is -3.96. The molecule has 1 aliphatic rings. The van der Waals surface area contributed by atoms with E-state index >= 15 is 0 Å². The largest absolute Gasteiger partial charge is 0.278 e. The van der Waals surface area contributed by atoms with Crippen molar-refractivity contribution in [1.29, 1.82) is 0 Å². The van der Waals surface area contributed by atoms with Gasteiger partial charge >= 0.3 is 0 Å². The molecule has 144 valence electrons. The van der Waals surface area contributed by atoms with Gasteiger partial charge in [0.25, 0.3) is 5.69 Å². The van der Waals surface area contributed by atoms with Gasteiger partial charge in [0.1, 0.15) is 10.7 Å². The monoisotopic (exact) mass is 401 g/mol. The summed E-state index contributed by atoms with van der Waals surface area (Å²) >= 11 is 0. The van der Waals surface area contributed by atoms with Crippen molar-refractivity contribution in [2.75, 3.05) is 6.54 Å². The molecule has 1 unspecified atom stereocenters. The van der Waals surface area contributed by atoms with Gasteiger partial charge < -0.3 is 0 Å². The van der Waals surface area contributed by atoms with Crippen LogP contribution in [-0.4, -0.2) is 29.2 Å². The fourth-order valence-corrected chi connectivity index (χ4v) is 5.50. The van der Waals surface area contributed by atoms with Crippen molar-refractivity contribution in [3.8, 4) is 0 Å². The van der Waals surface area contributed by atoms with E-state index in [4.69, 9.17) is 0 Å². The molecule has 2 heterocycles. The number of non-ortho nitro benzene ring substituents is 1. The van der Waals surface area contributed by atoms with Gasteiger partial charge in [-0.1, -0.05) is 12.1 Å². The SMILES string of the molecule is O=[N+]([O-])c1ccc(S(=O)(=O)N2CCCC2c2ccc(F)cc2)c2ncccc12. The lowest BCUT2D eigenvalue weighted by Crippen LogP contribution is -2.31. The third-order valence-corrected chi connectivity index (χ3v) is 6.89. The summed E-state index contributed by atoms with van der Waals surface area (Å²) in [5.74, 6) is -0.387. The highest BCUT2D eigenvalue weighted by atomic mass is 32.2. The molecule has 1 saturated heterocycles. The molecule has 0 spiro atoms. The maximum Gasteiger partial charge on any atom is 0.278 e. The Labute approximate surface area is 160 Å². The summed E-state index contributed by atoms with van der Waals surface area (Å²) in [6.07, 6.45) is 2.69. The van der Waals surface area contributed by atoms with Crippen LogP contribution in [-0.2, 0) is 10.0 Å². The van der Waals surface area contributed by atoms with Crippen LogP contribution in [0.5, 0.6) is 0 Å². The van der Waals surface area contributed by atoms with Crippen molar-refractivity contribution in [3.63, 3.8) is 0 Å². The molecule has 1 aromatic heterocycles. The molecule has 0 aliphatic carbocycles. The predicted octanol–water partition coefficient (Wildman–Crippen LogP) is 3.81. The van der Waals surface area contributed by atoms with E-state index in [1.807, 2.05) is 0 Å². The summed E-state index contributed by atoms with van der Waals surface area (Å²) in [6, 6.07) is 10.8. The molecule has 7 nitrogen and oxygen atoms in total. The van der Waals surface area contributed by atoms with Gasteiger partial charge in [-0.2, -0.15) is 4.31 Å². The van der Waals surface area contributed by atoms with Gasteiger partial charge in [0.05, 0.1) is 21.9 Å². The topological polar surface area (TPSA) is 93.4 Å². The highest BCUT2D eigenvalue weighted by Crippen LogP contribution is 2.39. The second-order valence-corrected chi connectivity index (χ2v) is 8.42. The Morgan fingerprint density at radius 3 is 2.61 bits per heavy atom. The van der Waals surface area contributed by atoms with E-state index in [0.717, 1.165) is 0 Å². The van der Waals surface area contributed by atoms with Crippen LogP contribution in [0.1, 0.15) is 24.4 Å². The summed E-state index contributed by atoms with van der Waals surface area (Å²) in [4.78, 5) is 14.8. The Hall–Kier alpha value is -2.91. The molecule has 1 fully saturated rings. The molecule has 1 aliphatic heterocycles. The van der Waals surface area contributed by atoms with Crippen LogP contribution in [0.4, 0.5) is 10.1 Å². The summed E-state index contributed by atoms with van der Waals surface area (Å²) in [6.45, 7) is 0.315. The van der Waals surface area contributed by atoms with E-state index in [9.17, 15) is 22.9 Å². The van der Waals surface area contributed by atoms with E-state index in [2.05, 4.69) is 4.98 Å². The number of rotatable bonds is 4. The third kappa shape index (κ3) is 3.02. The molecule has 0 bridgehead atoms. The van der Waals surface area contributed by atoms with E-state index in [1.54, 1.807) is 12.1 Å². The first kappa shape index (κ1) is 18.5. The second kappa shape index (κ2) is 6.92. The number of nitrogens with zero attached hydrogens (tertiary/aromatic N) is 3. The van der Waals surface area contributed by atoms with Crippen molar-refractivity contribution < 1.29 is 17.7 Å². The number of hydrogen-bond acceptors (Lipinski definition) is 5. The van der Waals surface area contributed by atoms with E-state index in [0.29, 0.717) is 24.9 Å². The van der Waals surface area contributed by atoms with Crippen molar-refractivity contribution in [2.24, 2.45) is 0 Å². The molecule has 0 amide bonds. The standard InChI is InChI=1S/C19H16FN3O4S/c20-14-7-5-13(6-8-14)16-4-2-12-22(16)28(26,27)18-10-9-17(23(24)25)15-3-1-11-21-19(15)18/h1,3,5-11,16H,2,4,12H2. The number of hydrogen-bond donors (Lipinski definition) is 0. The molecular weight excluding hydrogens is 385 g/mol. The smallest absolute Gasteiger partial charge is 0.258 e. The molecule has 0 saturated carbocycles. The fourth-order valence-electron chi connectivity index (χ4n) is 3.67. The summed E-state index contributed by atoms with van der Waals surface area (Å²) in [7, 11) is -3.96. The third-order valence-electron chi connectivity index (χ3n) is 4.95. The first-order valence-electron chi connectivity index (χ1n) is 8.69. The number of benzene rings is 2. The number of fused-ring (bicyclic) bond motifs is 1. The van der Waals surface area contributed by atoms with Crippen LogP contribution in [0.3, 0.4) is 0 Å². The minimum absolute atomic E-state index is 0.0669. The van der Waals surface area contributed by atoms with Crippen LogP contribution in [0.25, 0.3) is 10.9 Å². The summed E-state index contributed by atoms with van der Waals surface area (Å²) < 4.78 is 41.5. The minimum Gasteiger partial charge on any atom is -0.258 e. The van der Waals surface area contributed by atoms with E-state index in [-0.39, 0.29) is 27.3 Å². The zero-order chi connectivity index (χ0) is 19.9. The number of halogens is 1. The lowest BCUT2D eigenvalue weighted by Gasteiger charge is -2.25.